The van der Waals surface area contributed by atoms with E-state index in [0.717, 1.165) is 49.9 Å². The van der Waals surface area contributed by atoms with Crippen molar-refractivity contribution in [3.8, 4) is 0 Å². The van der Waals surface area contributed by atoms with Crippen LogP contribution in [-0.4, -0.2) is 37.0 Å². The SMILES string of the molecule is Cc1ccc(C2=Nc3c(ccnc3N3CCOCC3)C2)cc1. The van der Waals surface area contributed by atoms with Crippen molar-refractivity contribution in [1.29, 1.82) is 0 Å². The van der Waals surface area contributed by atoms with Crippen LogP contribution in [0.5, 0.6) is 0 Å². The molecule has 112 valence electrons. The Bertz CT molecular complexity index is 716. The normalized spacial score (nSPS) is 17.3. The summed E-state index contributed by atoms with van der Waals surface area (Å²) in [4.78, 5) is 11.8. The van der Waals surface area contributed by atoms with Gasteiger partial charge in [-0.15, -0.1) is 0 Å². The Morgan fingerprint density at radius 3 is 2.59 bits per heavy atom. The molecule has 0 atom stereocenters. The number of nitrogens with zero attached hydrogens (tertiary/aromatic N) is 3. The number of benzene rings is 1. The summed E-state index contributed by atoms with van der Waals surface area (Å²) in [6.07, 6.45) is 2.79. The number of aromatic nitrogens is 1. The van der Waals surface area contributed by atoms with Gasteiger partial charge in [-0.25, -0.2) is 9.98 Å². The van der Waals surface area contributed by atoms with Crippen LogP contribution in [0.2, 0.25) is 0 Å². The Kier molecular flexibility index (Phi) is 3.39. The lowest BCUT2D eigenvalue weighted by Gasteiger charge is -2.28. The third kappa shape index (κ3) is 2.40. The van der Waals surface area contributed by atoms with Crippen molar-refractivity contribution in [2.45, 2.75) is 13.3 Å². The fourth-order valence-electron chi connectivity index (χ4n) is 3.02. The van der Waals surface area contributed by atoms with Crippen LogP contribution in [0.4, 0.5) is 11.5 Å². The summed E-state index contributed by atoms with van der Waals surface area (Å²) in [5.74, 6) is 1.00. The number of morpholine rings is 1. The highest BCUT2D eigenvalue weighted by Gasteiger charge is 2.23. The lowest BCUT2D eigenvalue weighted by Crippen LogP contribution is -2.36. The second-order valence-corrected chi connectivity index (χ2v) is 5.84. The van der Waals surface area contributed by atoms with E-state index in [-0.39, 0.29) is 0 Å². The molecule has 2 aliphatic rings. The largest absolute Gasteiger partial charge is 0.378 e. The predicted molar refractivity (Wildman–Crippen MR) is 88.3 cm³/mol. The quantitative estimate of drug-likeness (QED) is 0.854. The second kappa shape index (κ2) is 5.54. The van der Waals surface area contributed by atoms with Gasteiger partial charge in [-0.3, -0.25) is 0 Å². The molecule has 0 bridgehead atoms. The average Bonchev–Trinajstić information content (AvgIpc) is 3.00. The minimum Gasteiger partial charge on any atom is -0.378 e. The molecule has 22 heavy (non-hydrogen) atoms. The molecule has 4 rings (SSSR count). The predicted octanol–water partition coefficient (Wildman–Crippen LogP) is 2.90. The molecule has 1 fully saturated rings. The molecule has 3 heterocycles. The van der Waals surface area contributed by atoms with Crippen molar-refractivity contribution in [2.24, 2.45) is 4.99 Å². The maximum atomic E-state index is 5.44. The molecule has 1 aromatic carbocycles. The molecular weight excluding hydrogens is 274 g/mol. The monoisotopic (exact) mass is 293 g/mol. The second-order valence-electron chi connectivity index (χ2n) is 5.84. The number of aryl methyl sites for hydroxylation is 1. The van der Waals surface area contributed by atoms with E-state index in [1.54, 1.807) is 0 Å². The van der Waals surface area contributed by atoms with Gasteiger partial charge in [0.15, 0.2) is 5.82 Å². The van der Waals surface area contributed by atoms with Gasteiger partial charge in [0.2, 0.25) is 0 Å². The summed E-state index contributed by atoms with van der Waals surface area (Å²) >= 11 is 0. The molecule has 0 N–H and O–H groups in total. The van der Waals surface area contributed by atoms with Crippen LogP contribution >= 0.6 is 0 Å². The van der Waals surface area contributed by atoms with E-state index in [4.69, 9.17) is 9.73 Å². The summed E-state index contributed by atoms with van der Waals surface area (Å²) in [7, 11) is 0. The summed E-state index contributed by atoms with van der Waals surface area (Å²) in [6, 6.07) is 10.7. The minimum atomic E-state index is 0.764. The van der Waals surface area contributed by atoms with Gasteiger partial charge in [0, 0.05) is 25.7 Å². The number of ether oxygens (including phenoxy) is 1. The summed E-state index contributed by atoms with van der Waals surface area (Å²) in [5, 5.41) is 0. The van der Waals surface area contributed by atoms with E-state index in [0.29, 0.717) is 0 Å². The Balaban J connectivity index is 1.69. The van der Waals surface area contributed by atoms with E-state index in [1.807, 2.05) is 6.20 Å². The van der Waals surface area contributed by atoms with Gasteiger partial charge in [0.1, 0.15) is 5.69 Å². The van der Waals surface area contributed by atoms with Crippen LogP contribution < -0.4 is 4.90 Å². The Hall–Kier alpha value is -2.20. The highest BCUT2D eigenvalue weighted by molar-refractivity contribution is 6.07. The third-order valence-corrected chi connectivity index (χ3v) is 4.29. The lowest BCUT2D eigenvalue weighted by atomic mass is 10.0. The number of hydrogen-bond acceptors (Lipinski definition) is 4. The number of pyridine rings is 1. The lowest BCUT2D eigenvalue weighted by molar-refractivity contribution is 0.122. The molecule has 0 amide bonds. The third-order valence-electron chi connectivity index (χ3n) is 4.29. The van der Waals surface area contributed by atoms with Crippen molar-refractivity contribution in [1.82, 2.24) is 4.98 Å². The number of fused-ring (bicyclic) bond motifs is 1. The fraction of sp³-hybridized carbons (Fsp3) is 0.333. The zero-order valence-electron chi connectivity index (χ0n) is 12.7. The van der Waals surface area contributed by atoms with Crippen molar-refractivity contribution in [3.63, 3.8) is 0 Å². The molecule has 2 aliphatic heterocycles. The first-order valence-electron chi connectivity index (χ1n) is 7.76. The number of rotatable bonds is 2. The van der Waals surface area contributed by atoms with Gasteiger partial charge in [-0.05, 0) is 24.1 Å². The highest BCUT2D eigenvalue weighted by Crippen LogP contribution is 2.36. The maximum Gasteiger partial charge on any atom is 0.154 e. The minimum absolute atomic E-state index is 0.764. The van der Waals surface area contributed by atoms with Crippen molar-refractivity contribution >= 4 is 17.2 Å². The molecule has 1 aromatic heterocycles. The van der Waals surface area contributed by atoms with Crippen LogP contribution in [0.15, 0.2) is 41.5 Å². The number of anilines is 1. The van der Waals surface area contributed by atoms with E-state index in [9.17, 15) is 0 Å². The molecule has 4 heteroatoms. The molecule has 2 aromatic rings. The van der Waals surface area contributed by atoms with Gasteiger partial charge in [0.05, 0.1) is 18.9 Å². The van der Waals surface area contributed by atoms with Gasteiger partial charge >= 0.3 is 0 Å². The van der Waals surface area contributed by atoms with Crippen molar-refractivity contribution < 1.29 is 4.74 Å². The first kappa shape index (κ1) is 13.5. The number of hydrogen-bond donors (Lipinski definition) is 0. The van der Waals surface area contributed by atoms with Crippen LogP contribution in [0, 0.1) is 6.92 Å². The van der Waals surface area contributed by atoms with Gasteiger partial charge < -0.3 is 9.64 Å². The molecule has 1 saturated heterocycles. The molecule has 0 spiro atoms. The summed E-state index contributed by atoms with van der Waals surface area (Å²) in [5.41, 5.74) is 5.93. The zero-order valence-corrected chi connectivity index (χ0v) is 12.7. The van der Waals surface area contributed by atoms with Crippen molar-refractivity contribution in [2.75, 3.05) is 31.2 Å². The standard InChI is InChI=1S/C18H19N3O/c1-13-2-4-14(5-3-13)16-12-15-6-7-19-18(17(15)20-16)21-8-10-22-11-9-21/h2-7H,8-12H2,1H3. The van der Waals surface area contributed by atoms with Crippen LogP contribution in [0.25, 0.3) is 0 Å². The first-order chi connectivity index (χ1) is 10.8. The van der Waals surface area contributed by atoms with E-state index < -0.39 is 0 Å². The van der Waals surface area contributed by atoms with E-state index in [2.05, 4.69) is 47.1 Å². The molecular formula is C18H19N3O. The summed E-state index contributed by atoms with van der Waals surface area (Å²) in [6.45, 7) is 5.41. The molecule has 0 aliphatic carbocycles. The molecule has 0 saturated carbocycles. The van der Waals surface area contributed by atoms with Gasteiger partial charge in [0.25, 0.3) is 0 Å². The van der Waals surface area contributed by atoms with E-state index in [1.165, 1.54) is 16.7 Å². The number of aliphatic imine (C=N–C) groups is 1. The Morgan fingerprint density at radius 2 is 1.82 bits per heavy atom. The highest BCUT2D eigenvalue weighted by atomic mass is 16.5. The Labute approximate surface area is 130 Å². The average molecular weight is 293 g/mol. The van der Waals surface area contributed by atoms with Crippen molar-refractivity contribution in [3.05, 3.63) is 53.2 Å². The molecule has 0 unspecified atom stereocenters. The van der Waals surface area contributed by atoms with Crippen LogP contribution in [0.1, 0.15) is 16.7 Å². The topological polar surface area (TPSA) is 37.7 Å². The Morgan fingerprint density at radius 1 is 1.05 bits per heavy atom. The summed E-state index contributed by atoms with van der Waals surface area (Å²) < 4.78 is 5.44. The maximum absolute atomic E-state index is 5.44. The van der Waals surface area contributed by atoms with Gasteiger partial charge in [-0.1, -0.05) is 29.8 Å². The van der Waals surface area contributed by atoms with E-state index >= 15 is 0 Å². The molecule has 4 nitrogen and oxygen atoms in total. The van der Waals surface area contributed by atoms with Crippen LogP contribution in [0.3, 0.4) is 0 Å². The molecule has 0 radical (unpaired) electrons. The fourth-order valence-corrected chi connectivity index (χ4v) is 3.02. The first-order valence-corrected chi connectivity index (χ1v) is 7.76. The van der Waals surface area contributed by atoms with Gasteiger partial charge in [-0.2, -0.15) is 0 Å². The smallest absolute Gasteiger partial charge is 0.154 e. The van der Waals surface area contributed by atoms with Crippen LogP contribution in [-0.2, 0) is 11.2 Å². The zero-order chi connectivity index (χ0) is 14.9.